The Bertz CT molecular complexity index is 59.5. The van der Waals surface area contributed by atoms with Crippen LogP contribution in [0.5, 0.6) is 0 Å². The fraction of sp³-hybridized carbons (Fsp3) is 1.00. The molecule has 2 N–H and O–H groups in total. The summed E-state index contributed by atoms with van der Waals surface area (Å²) in [6, 6.07) is 1.32. The van der Waals surface area contributed by atoms with Crippen LogP contribution in [0.1, 0.15) is 13.8 Å². The van der Waals surface area contributed by atoms with Gasteiger partial charge in [0.05, 0.1) is 0 Å². The van der Waals surface area contributed by atoms with Crippen molar-refractivity contribution in [2.45, 2.75) is 25.9 Å². The van der Waals surface area contributed by atoms with Crippen LogP contribution in [0.15, 0.2) is 0 Å². The smallest absolute Gasteiger partial charge is 0.0164 e. The predicted molar refractivity (Wildman–Crippen MR) is 45.3 cm³/mol. The Morgan fingerprint density at radius 1 is 1.00 bits per heavy atom. The molecule has 1 rings (SSSR count). The van der Waals surface area contributed by atoms with Gasteiger partial charge in [0.2, 0.25) is 0 Å². The summed E-state index contributed by atoms with van der Waals surface area (Å²) in [4.78, 5) is 0. The molecule has 0 spiro atoms. The van der Waals surface area contributed by atoms with Crippen LogP contribution in [0, 0.1) is 0 Å². The highest BCUT2D eigenvalue weighted by Gasteiger charge is 2.10. The Morgan fingerprint density at radius 3 is 1.56 bits per heavy atom. The number of hydrogen-bond donors (Lipinski definition) is 2. The summed E-state index contributed by atoms with van der Waals surface area (Å²) >= 11 is 0. The van der Waals surface area contributed by atoms with Crippen molar-refractivity contribution in [3.63, 3.8) is 0 Å². The van der Waals surface area contributed by atoms with Gasteiger partial charge in [-0.25, -0.2) is 0 Å². The zero-order valence-corrected chi connectivity index (χ0v) is 7.69. The third kappa shape index (κ3) is 3.18. The minimum atomic E-state index is 0. The lowest BCUT2D eigenvalue weighted by Gasteiger charge is -2.26. The Labute approximate surface area is 67.2 Å². The molecule has 1 saturated heterocycles. The van der Waals surface area contributed by atoms with E-state index in [-0.39, 0.29) is 17.0 Å². The first-order chi connectivity index (χ1) is 3.79. The molecule has 0 amide bonds. The van der Waals surface area contributed by atoms with Crippen LogP contribution < -0.4 is 10.6 Å². The van der Waals surface area contributed by atoms with Gasteiger partial charge in [-0.2, -0.15) is 0 Å². The van der Waals surface area contributed by atoms with Crippen molar-refractivity contribution in [2.24, 2.45) is 0 Å². The number of halogens is 1. The molecule has 2 nitrogen and oxygen atoms in total. The van der Waals surface area contributed by atoms with Crippen LogP contribution in [0.3, 0.4) is 0 Å². The van der Waals surface area contributed by atoms with E-state index in [9.17, 15) is 0 Å². The molecule has 1 aliphatic rings. The second-order valence-electron chi connectivity index (χ2n) is 2.62. The van der Waals surface area contributed by atoms with Crippen LogP contribution in [-0.2, 0) is 0 Å². The first-order valence-corrected chi connectivity index (χ1v) is 3.26. The van der Waals surface area contributed by atoms with Gasteiger partial charge in [-0.3, -0.25) is 0 Å². The van der Waals surface area contributed by atoms with E-state index in [2.05, 4.69) is 24.5 Å². The molecule has 1 aliphatic heterocycles. The molecule has 0 aromatic carbocycles. The van der Waals surface area contributed by atoms with Crippen molar-refractivity contribution in [3.05, 3.63) is 0 Å². The molecular weight excluding hydrogens is 180 g/mol. The van der Waals surface area contributed by atoms with Crippen molar-refractivity contribution in [1.29, 1.82) is 0 Å². The van der Waals surface area contributed by atoms with E-state index >= 15 is 0 Å². The molecule has 2 atom stereocenters. The van der Waals surface area contributed by atoms with Crippen molar-refractivity contribution in [2.75, 3.05) is 13.1 Å². The molecule has 1 heterocycles. The first kappa shape index (κ1) is 9.40. The van der Waals surface area contributed by atoms with Crippen molar-refractivity contribution in [3.8, 4) is 0 Å². The largest absolute Gasteiger partial charge is 0.311 e. The summed E-state index contributed by atoms with van der Waals surface area (Å²) in [6.07, 6.45) is 0. The summed E-state index contributed by atoms with van der Waals surface area (Å²) in [7, 11) is 0. The van der Waals surface area contributed by atoms with Gasteiger partial charge in [0.15, 0.2) is 0 Å². The molecule has 0 radical (unpaired) electrons. The van der Waals surface area contributed by atoms with E-state index in [0.717, 1.165) is 13.1 Å². The maximum Gasteiger partial charge on any atom is 0.0164 e. The number of nitrogens with one attached hydrogen (secondary N) is 2. The van der Waals surface area contributed by atoms with Gasteiger partial charge in [-0.1, -0.05) is 0 Å². The van der Waals surface area contributed by atoms with Gasteiger partial charge in [0, 0.05) is 25.2 Å². The highest BCUT2D eigenvalue weighted by molar-refractivity contribution is 8.93. The Hall–Kier alpha value is 0.400. The summed E-state index contributed by atoms with van der Waals surface area (Å²) in [6.45, 7) is 6.61. The summed E-state index contributed by atoms with van der Waals surface area (Å²) in [5, 5.41) is 6.74. The number of hydrogen-bond acceptors (Lipinski definition) is 2. The van der Waals surface area contributed by atoms with Gasteiger partial charge in [0.25, 0.3) is 0 Å². The normalized spacial score (nSPS) is 35.3. The summed E-state index contributed by atoms with van der Waals surface area (Å²) in [5.74, 6) is 0. The molecule has 0 aromatic rings. The van der Waals surface area contributed by atoms with Crippen LogP contribution >= 0.6 is 17.0 Å². The fourth-order valence-corrected chi connectivity index (χ4v) is 0.900. The fourth-order valence-electron chi connectivity index (χ4n) is 0.900. The maximum atomic E-state index is 3.37. The monoisotopic (exact) mass is 194 g/mol. The molecule has 0 saturated carbocycles. The number of piperazine rings is 1. The predicted octanol–water partition coefficient (Wildman–Crippen LogP) is 0.534. The van der Waals surface area contributed by atoms with E-state index in [1.54, 1.807) is 0 Å². The second kappa shape index (κ2) is 4.25. The Kier molecular flexibility index (Phi) is 4.44. The lowest BCUT2D eigenvalue weighted by atomic mass is 10.2. The molecule has 0 unspecified atom stereocenters. The van der Waals surface area contributed by atoms with Gasteiger partial charge < -0.3 is 10.6 Å². The molecule has 9 heavy (non-hydrogen) atoms. The third-order valence-electron chi connectivity index (χ3n) is 1.54. The average Bonchev–Trinajstić information content (AvgIpc) is 1.77. The maximum absolute atomic E-state index is 3.37. The lowest BCUT2D eigenvalue weighted by molar-refractivity contribution is 0.376. The highest BCUT2D eigenvalue weighted by atomic mass is 79.9. The van der Waals surface area contributed by atoms with E-state index < -0.39 is 0 Å². The SMILES string of the molecule is Br.C[C@@H]1CN[C@H](C)CN1. The van der Waals surface area contributed by atoms with Gasteiger partial charge in [-0.05, 0) is 13.8 Å². The summed E-state index contributed by atoms with van der Waals surface area (Å²) in [5.41, 5.74) is 0. The average molecular weight is 195 g/mol. The van der Waals surface area contributed by atoms with Crippen LogP contribution in [0.2, 0.25) is 0 Å². The van der Waals surface area contributed by atoms with Crippen molar-refractivity contribution in [1.82, 2.24) is 10.6 Å². The van der Waals surface area contributed by atoms with E-state index in [0.29, 0.717) is 12.1 Å². The molecule has 1 fully saturated rings. The lowest BCUT2D eigenvalue weighted by Crippen LogP contribution is -2.51. The first-order valence-electron chi connectivity index (χ1n) is 3.26. The van der Waals surface area contributed by atoms with Crippen LogP contribution in [-0.4, -0.2) is 25.2 Å². The molecule has 0 bridgehead atoms. The van der Waals surface area contributed by atoms with E-state index in [1.165, 1.54) is 0 Å². The van der Waals surface area contributed by atoms with E-state index in [4.69, 9.17) is 0 Å². The minimum absolute atomic E-state index is 0. The molecule has 56 valence electrons. The molecule has 3 heteroatoms. The zero-order valence-electron chi connectivity index (χ0n) is 5.98. The minimum Gasteiger partial charge on any atom is -0.311 e. The van der Waals surface area contributed by atoms with Crippen molar-refractivity contribution < 1.29 is 0 Å². The second-order valence-corrected chi connectivity index (χ2v) is 2.62. The number of rotatable bonds is 0. The van der Waals surface area contributed by atoms with Gasteiger partial charge in [0.1, 0.15) is 0 Å². The van der Waals surface area contributed by atoms with Crippen molar-refractivity contribution >= 4 is 17.0 Å². The Morgan fingerprint density at radius 2 is 1.33 bits per heavy atom. The topological polar surface area (TPSA) is 24.1 Å². The zero-order chi connectivity index (χ0) is 5.98. The molecule has 0 aromatic heterocycles. The molecular formula is C6H15BrN2. The van der Waals surface area contributed by atoms with Crippen LogP contribution in [0.4, 0.5) is 0 Å². The van der Waals surface area contributed by atoms with Gasteiger partial charge >= 0.3 is 0 Å². The quantitative estimate of drug-likeness (QED) is 0.589. The molecule has 0 aliphatic carbocycles. The third-order valence-corrected chi connectivity index (χ3v) is 1.54. The highest BCUT2D eigenvalue weighted by Crippen LogP contribution is 1.89. The summed E-state index contributed by atoms with van der Waals surface area (Å²) < 4.78 is 0. The van der Waals surface area contributed by atoms with Gasteiger partial charge in [-0.15, -0.1) is 17.0 Å². The Balaban J connectivity index is 0.000000640. The standard InChI is InChI=1S/C6H14N2.BrH/c1-5-3-8-6(2)4-7-5;/h5-8H,3-4H2,1-2H3;1H/t5-,6-;/m1./s1. The van der Waals surface area contributed by atoms with E-state index in [1.807, 2.05) is 0 Å². The van der Waals surface area contributed by atoms with Crippen LogP contribution in [0.25, 0.3) is 0 Å².